The maximum absolute atomic E-state index is 14.1. The number of aliphatic hydroxyl groups is 1. The van der Waals surface area contributed by atoms with Crippen molar-refractivity contribution in [3.8, 4) is 0 Å². The number of benzene rings is 3. The molecular weight excluding hydrogens is 460 g/mol. The first kappa shape index (κ1) is 25.0. The van der Waals surface area contributed by atoms with Crippen LogP contribution in [0.2, 0.25) is 0 Å². The lowest BCUT2D eigenvalue weighted by molar-refractivity contribution is -0.136. The van der Waals surface area contributed by atoms with Gasteiger partial charge in [0.25, 0.3) is 0 Å². The number of carbonyl (C=O) groups is 1. The van der Waals surface area contributed by atoms with Crippen molar-refractivity contribution in [2.24, 2.45) is 0 Å². The summed E-state index contributed by atoms with van der Waals surface area (Å²) in [7, 11) is 0. The third-order valence-corrected chi connectivity index (χ3v) is 7.73. The second kappa shape index (κ2) is 10.4. The molecule has 192 valence electrons. The van der Waals surface area contributed by atoms with Crippen molar-refractivity contribution in [1.82, 2.24) is 14.0 Å². The Hall–Kier alpha value is -3.64. The maximum atomic E-state index is 14.1. The Morgan fingerprint density at radius 1 is 0.892 bits per heavy atom. The van der Waals surface area contributed by atoms with E-state index in [1.807, 2.05) is 38.3 Å². The van der Waals surface area contributed by atoms with Crippen LogP contribution in [0, 0.1) is 19.3 Å². The van der Waals surface area contributed by atoms with E-state index in [0.717, 1.165) is 22.2 Å². The SMILES string of the molecule is Cc1ccc(CC(C(=O)N2CCC(O)CC2)n2c(=N)n(C(C)c3ccc(C)cc3)c3ccccc32)cc1. The average molecular weight is 497 g/mol. The Labute approximate surface area is 218 Å². The molecule has 6 heteroatoms. The van der Waals surface area contributed by atoms with Gasteiger partial charge in [-0.2, -0.15) is 0 Å². The van der Waals surface area contributed by atoms with Crippen molar-refractivity contribution in [1.29, 1.82) is 5.41 Å². The van der Waals surface area contributed by atoms with Crippen LogP contribution in [0.15, 0.2) is 72.8 Å². The van der Waals surface area contributed by atoms with E-state index in [1.165, 1.54) is 11.1 Å². The molecule has 1 aliphatic rings. The molecule has 0 radical (unpaired) electrons. The van der Waals surface area contributed by atoms with E-state index in [0.29, 0.717) is 38.0 Å². The lowest BCUT2D eigenvalue weighted by Crippen LogP contribution is -2.46. The molecule has 2 unspecified atom stereocenters. The number of hydrogen-bond donors (Lipinski definition) is 2. The molecule has 3 aromatic carbocycles. The summed E-state index contributed by atoms with van der Waals surface area (Å²) in [5.41, 5.74) is 6.70. The fourth-order valence-corrected chi connectivity index (χ4v) is 5.45. The van der Waals surface area contributed by atoms with E-state index in [1.54, 1.807) is 0 Å². The largest absolute Gasteiger partial charge is 0.393 e. The molecule has 1 aromatic heterocycles. The number of aliphatic hydroxyl groups excluding tert-OH is 1. The van der Waals surface area contributed by atoms with E-state index in [9.17, 15) is 15.3 Å². The van der Waals surface area contributed by atoms with Crippen molar-refractivity contribution in [3.05, 3.63) is 101 Å². The lowest BCUT2D eigenvalue weighted by Gasteiger charge is -2.33. The van der Waals surface area contributed by atoms with Gasteiger partial charge in [0.1, 0.15) is 6.04 Å². The fourth-order valence-electron chi connectivity index (χ4n) is 5.45. The summed E-state index contributed by atoms with van der Waals surface area (Å²) in [6.07, 6.45) is 1.33. The molecule has 6 nitrogen and oxygen atoms in total. The molecule has 0 saturated carbocycles. The normalized spacial score (nSPS) is 16.2. The first-order chi connectivity index (χ1) is 17.8. The first-order valence-corrected chi connectivity index (χ1v) is 13.2. The summed E-state index contributed by atoms with van der Waals surface area (Å²) >= 11 is 0. The number of carbonyl (C=O) groups excluding carboxylic acids is 1. The Kier molecular flexibility index (Phi) is 7.02. The number of likely N-dealkylation sites (tertiary alicyclic amines) is 1. The number of rotatable bonds is 6. The van der Waals surface area contributed by atoms with Gasteiger partial charge in [-0.1, -0.05) is 71.8 Å². The zero-order valence-electron chi connectivity index (χ0n) is 21.9. The number of aromatic nitrogens is 2. The molecule has 0 bridgehead atoms. The summed E-state index contributed by atoms with van der Waals surface area (Å²) in [5.74, 6) is 0.0110. The van der Waals surface area contributed by atoms with Crippen LogP contribution in [0.5, 0.6) is 0 Å². The molecule has 2 heterocycles. The van der Waals surface area contributed by atoms with Crippen LogP contribution < -0.4 is 5.62 Å². The minimum absolute atomic E-state index is 0.0110. The van der Waals surface area contributed by atoms with Crippen LogP contribution in [0.3, 0.4) is 0 Å². The summed E-state index contributed by atoms with van der Waals surface area (Å²) < 4.78 is 3.96. The molecule has 1 aliphatic heterocycles. The lowest BCUT2D eigenvalue weighted by atomic mass is 10.0. The highest BCUT2D eigenvalue weighted by atomic mass is 16.3. The zero-order chi connectivity index (χ0) is 26.1. The smallest absolute Gasteiger partial charge is 0.246 e. The number of nitrogens with zero attached hydrogens (tertiary/aromatic N) is 3. The van der Waals surface area contributed by atoms with Crippen LogP contribution in [-0.4, -0.2) is 44.2 Å². The molecular formula is C31H36N4O2. The minimum Gasteiger partial charge on any atom is -0.393 e. The molecule has 1 amide bonds. The number of para-hydroxylation sites is 2. The second-order valence-electron chi connectivity index (χ2n) is 10.4. The second-order valence-corrected chi connectivity index (χ2v) is 10.4. The number of fused-ring (bicyclic) bond motifs is 1. The Morgan fingerprint density at radius 3 is 2.03 bits per heavy atom. The molecule has 1 fully saturated rings. The number of amides is 1. The molecule has 5 rings (SSSR count). The van der Waals surface area contributed by atoms with Crippen molar-refractivity contribution >= 4 is 16.9 Å². The molecule has 2 N–H and O–H groups in total. The molecule has 1 saturated heterocycles. The van der Waals surface area contributed by atoms with Crippen molar-refractivity contribution in [3.63, 3.8) is 0 Å². The van der Waals surface area contributed by atoms with Gasteiger partial charge in [-0.05, 0) is 56.9 Å². The molecule has 0 spiro atoms. The number of hydrogen-bond acceptors (Lipinski definition) is 3. The summed E-state index contributed by atoms with van der Waals surface area (Å²) in [6, 6.07) is 24.1. The molecule has 0 aliphatic carbocycles. The Bertz CT molecular complexity index is 1440. The first-order valence-electron chi connectivity index (χ1n) is 13.2. The quantitative estimate of drug-likeness (QED) is 0.398. The minimum atomic E-state index is -0.554. The zero-order valence-corrected chi connectivity index (χ0v) is 21.9. The number of imidazole rings is 1. The van der Waals surface area contributed by atoms with E-state index >= 15 is 0 Å². The average Bonchev–Trinajstić information content (AvgIpc) is 3.20. The van der Waals surface area contributed by atoms with E-state index < -0.39 is 6.04 Å². The van der Waals surface area contributed by atoms with Crippen molar-refractivity contribution in [2.45, 2.75) is 58.2 Å². The third kappa shape index (κ3) is 4.98. The number of piperidine rings is 1. The third-order valence-electron chi connectivity index (χ3n) is 7.73. The monoisotopic (exact) mass is 496 g/mol. The topological polar surface area (TPSA) is 74.2 Å². The van der Waals surface area contributed by atoms with Crippen LogP contribution >= 0.6 is 0 Å². The predicted octanol–water partition coefficient (Wildman–Crippen LogP) is 4.92. The van der Waals surface area contributed by atoms with Gasteiger partial charge in [-0.3, -0.25) is 14.8 Å². The van der Waals surface area contributed by atoms with Gasteiger partial charge in [0.15, 0.2) is 0 Å². The van der Waals surface area contributed by atoms with Gasteiger partial charge in [-0.25, -0.2) is 0 Å². The van der Waals surface area contributed by atoms with Crippen molar-refractivity contribution < 1.29 is 9.90 Å². The predicted molar refractivity (Wildman–Crippen MR) is 147 cm³/mol. The highest BCUT2D eigenvalue weighted by molar-refractivity contribution is 5.84. The highest BCUT2D eigenvalue weighted by Crippen LogP contribution is 2.28. The van der Waals surface area contributed by atoms with Gasteiger partial charge in [-0.15, -0.1) is 0 Å². The van der Waals surface area contributed by atoms with E-state index in [-0.39, 0.29) is 18.1 Å². The summed E-state index contributed by atoms with van der Waals surface area (Å²) in [6.45, 7) is 7.32. The Morgan fingerprint density at radius 2 is 1.43 bits per heavy atom. The van der Waals surface area contributed by atoms with Gasteiger partial charge >= 0.3 is 0 Å². The van der Waals surface area contributed by atoms with E-state index in [2.05, 4.69) is 69.3 Å². The molecule has 37 heavy (non-hydrogen) atoms. The summed E-state index contributed by atoms with van der Waals surface area (Å²) in [4.78, 5) is 16.0. The van der Waals surface area contributed by atoms with Crippen LogP contribution in [0.4, 0.5) is 0 Å². The van der Waals surface area contributed by atoms with Crippen LogP contribution in [-0.2, 0) is 11.2 Å². The molecule has 2 atom stereocenters. The van der Waals surface area contributed by atoms with Gasteiger partial charge < -0.3 is 14.6 Å². The van der Waals surface area contributed by atoms with Gasteiger partial charge in [0.2, 0.25) is 11.5 Å². The van der Waals surface area contributed by atoms with Gasteiger partial charge in [0.05, 0.1) is 23.2 Å². The fraction of sp³-hybridized carbons (Fsp3) is 0.355. The maximum Gasteiger partial charge on any atom is 0.246 e. The Balaban J connectivity index is 1.64. The van der Waals surface area contributed by atoms with Crippen LogP contribution in [0.25, 0.3) is 11.0 Å². The number of nitrogens with one attached hydrogen (secondary N) is 1. The van der Waals surface area contributed by atoms with Crippen LogP contribution in [0.1, 0.15) is 54.1 Å². The number of aryl methyl sites for hydroxylation is 2. The van der Waals surface area contributed by atoms with E-state index in [4.69, 9.17) is 0 Å². The van der Waals surface area contributed by atoms with Crippen molar-refractivity contribution in [2.75, 3.05) is 13.1 Å². The summed E-state index contributed by atoms with van der Waals surface area (Å²) in [5, 5.41) is 19.4. The highest BCUT2D eigenvalue weighted by Gasteiger charge is 2.32. The van der Waals surface area contributed by atoms with Gasteiger partial charge in [0, 0.05) is 19.5 Å². The molecule has 4 aromatic rings. The standard InChI is InChI=1S/C31H36N4O2/c1-21-8-12-24(13-9-21)20-29(30(37)33-18-16-26(36)17-19-33)35-28-7-5-4-6-27(28)34(31(35)32)23(3)25-14-10-22(2)11-15-25/h4-15,23,26,29,32,36H,16-20H2,1-3H3.